The van der Waals surface area contributed by atoms with E-state index in [-0.39, 0.29) is 16.1 Å². The van der Waals surface area contributed by atoms with Crippen molar-refractivity contribution in [3.63, 3.8) is 0 Å². The Balaban J connectivity index is 1.06. The predicted molar refractivity (Wildman–Crippen MR) is 142 cm³/mol. The summed E-state index contributed by atoms with van der Waals surface area (Å²) in [5.41, 5.74) is 2.35. The van der Waals surface area contributed by atoms with Gasteiger partial charge in [0.1, 0.15) is 29.1 Å². The fourth-order valence-electron chi connectivity index (χ4n) is 6.96. The quantitative estimate of drug-likeness (QED) is 0.346. The number of hydrogen-bond donors (Lipinski definition) is 1. The van der Waals surface area contributed by atoms with Crippen LogP contribution < -0.4 is 0 Å². The van der Waals surface area contributed by atoms with Gasteiger partial charge in [-0.15, -0.1) is 0 Å². The average molecular weight is 549 g/mol. The molecule has 0 saturated carbocycles. The monoisotopic (exact) mass is 548 g/mol. The highest BCUT2D eigenvalue weighted by Gasteiger charge is 2.51. The second-order valence-electron chi connectivity index (χ2n) is 11.1. The molecule has 2 atom stereocenters. The number of likely N-dealkylation sites (tertiary alicyclic amines) is 1. The first-order valence-corrected chi connectivity index (χ1v) is 13.7. The lowest BCUT2D eigenvalue weighted by molar-refractivity contribution is -0.0560. The standard InChI is InChI=1S/C28H27ClF2N8/c29-25-22(23(30)3-4-24(25)31)13-38-18-1-2-19(38)10-20(9-18)37-14-28(15-37,6-7-32)39-12-17(11-36-39)26-21-5-8-33-27(21)35-16-34-26/h3-5,8,11-12,16,18-20H,1-2,6,9-10,13-15H2,(H,33,34,35). The fraction of sp³-hybridized carbons (Fsp3) is 0.429. The molecule has 3 aromatic heterocycles. The van der Waals surface area contributed by atoms with E-state index in [4.69, 9.17) is 11.6 Å². The maximum Gasteiger partial charge on any atom is 0.142 e. The molecule has 1 N–H and O–H groups in total. The second kappa shape index (κ2) is 9.37. The van der Waals surface area contributed by atoms with E-state index in [1.54, 1.807) is 6.33 Å². The minimum Gasteiger partial charge on any atom is -0.346 e. The zero-order chi connectivity index (χ0) is 26.7. The van der Waals surface area contributed by atoms with Crippen LogP contribution in [0.3, 0.4) is 0 Å². The molecule has 0 amide bonds. The van der Waals surface area contributed by atoms with Crippen LogP contribution in [-0.2, 0) is 12.1 Å². The average Bonchev–Trinajstić information content (AvgIpc) is 3.64. The molecule has 3 fully saturated rings. The van der Waals surface area contributed by atoms with Crippen LogP contribution in [0, 0.1) is 23.0 Å². The highest BCUT2D eigenvalue weighted by Crippen LogP contribution is 2.44. The van der Waals surface area contributed by atoms with E-state index >= 15 is 0 Å². The van der Waals surface area contributed by atoms with Crippen molar-refractivity contribution < 1.29 is 8.78 Å². The number of rotatable bonds is 6. The third-order valence-electron chi connectivity index (χ3n) is 8.95. The van der Waals surface area contributed by atoms with Gasteiger partial charge in [0.25, 0.3) is 0 Å². The molecule has 0 radical (unpaired) electrons. The molecule has 8 nitrogen and oxygen atoms in total. The Labute approximate surface area is 229 Å². The second-order valence-corrected chi connectivity index (χ2v) is 11.5. The van der Waals surface area contributed by atoms with Crippen LogP contribution in [0.2, 0.25) is 5.02 Å². The van der Waals surface area contributed by atoms with Crippen molar-refractivity contribution in [2.24, 2.45) is 0 Å². The Bertz CT molecular complexity index is 1570. The minimum absolute atomic E-state index is 0.113. The van der Waals surface area contributed by atoms with Crippen molar-refractivity contribution in [1.82, 2.24) is 34.5 Å². The van der Waals surface area contributed by atoms with Gasteiger partial charge in [-0.3, -0.25) is 14.5 Å². The van der Waals surface area contributed by atoms with Crippen LogP contribution in [0.4, 0.5) is 8.78 Å². The van der Waals surface area contributed by atoms with Crippen LogP contribution in [0.5, 0.6) is 0 Å². The van der Waals surface area contributed by atoms with Gasteiger partial charge >= 0.3 is 0 Å². The number of nitriles is 1. The summed E-state index contributed by atoms with van der Waals surface area (Å²) < 4.78 is 30.4. The topological polar surface area (TPSA) is 89.7 Å². The van der Waals surface area contributed by atoms with Crippen LogP contribution in [0.1, 0.15) is 37.7 Å². The Morgan fingerprint density at radius 3 is 2.62 bits per heavy atom. The molecule has 0 aliphatic carbocycles. The molecular formula is C28H27ClF2N8. The largest absolute Gasteiger partial charge is 0.346 e. The predicted octanol–water partition coefficient (Wildman–Crippen LogP) is 4.87. The van der Waals surface area contributed by atoms with Gasteiger partial charge in [-0.2, -0.15) is 10.4 Å². The molecule has 2 unspecified atom stereocenters. The SMILES string of the molecule is N#CCC1(n2cc(-c3ncnc4[nH]ccc34)cn2)CN(C2CC3CCC(C2)N3Cc2c(F)ccc(F)c2Cl)C1. The normalized spacial score (nSPS) is 24.6. The van der Waals surface area contributed by atoms with E-state index in [2.05, 4.69) is 35.9 Å². The smallest absolute Gasteiger partial charge is 0.142 e. The van der Waals surface area contributed by atoms with Gasteiger partial charge in [0.15, 0.2) is 0 Å². The number of aromatic nitrogens is 5. The van der Waals surface area contributed by atoms with Crippen LogP contribution in [0.25, 0.3) is 22.3 Å². The molecular weight excluding hydrogens is 522 g/mol. The molecule has 2 bridgehead atoms. The van der Waals surface area contributed by atoms with E-state index in [1.807, 2.05) is 29.3 Å². The Morgan fingerprint density at radius 1 is 1.08 bits per heavy atom. The van der Waals surface area contributed by atoms with E-state index in [1.165, 1.54) is 0 Å². The zero-order valence-corrected chi connectivity index (χ0v) is 22.0. The van der Waals surface area contributed by atoms with E-state index < -0.39 is 11.6 Å². The van der Waals surface area contributed by atoms with Crippen LogP contribution in [0.15, 0.2) is 43.1 Å². The third kappa shape index (κ3) is 4.03. The summed E-state index contributed by atoms with van der Waals surface area (Å²) in [6.07, 6.45) is 11.6. The molecule has 3 saturated heterocycles. The van der Waals surface area contributed by atoms with Crippen LogP contribution in [-0.4, -0.2) is 65.7 Å². The molecule has 4 aromatic rings. The molecule has 3 aliphatic rings. The number of aromatic amines is 1. The first kappa shape index (κ1) is 24.6. The van der Waals surface area contributed by atoms with Gasteiger partial charge in [-0.05, 0) is 43.9 Å². The van der Waals surface area contributed by atoms with Crippen molar-refractivity contribution >= 4 is 22.6 Å². The molecule has 0 spiro atoms. The van der Waals surface area contributed by atoms with Crippen molar-refractivity contribution in [2.75, 3.05) is 13.1 Å². The summed E-state index contributed by atoms with van der Waals surface area (Å²) >= 11 is 6.13. The lowest BCUT2D eigenvalue weighted by Crippen LogP contribution is -2.67. The van der Waals surface area contributed by atoms with Crippen molar-refractivity contribution in [2.45, 2.75) is 62.3 Å². The van der Waals surface area contributed by atoms with Gasteiger partial charge in [0.2, 0.25) is 0 Å². The Hall–Kier alpha value is -3.39. The number of nitrogens with zero attached hydrogens (tertiary/aromatic N) is 7. The highest BCUT2D eigenvalue weighted by atomic mass is 35.5. The van der Waals surface area contributed by atoms with Gasteiger partial charge in [0.05, 0.1) is 29.4 Å². The number of benzene rings is 1. The zero-order valence-electron chi connectivity index (χ0n) is 21.2. The number of H-pyrrole nitrogens is 1. The molecule has 7 rings (SSSR count). The van der Waals surface area contributed by atoms with Crippen molar-refractivity contribution in [3.05, 3.63) is 65.3 Å². The highest BCUT2D eigenvalue weighted by molar-refractivity contribution is 6.31. The number of nitrogens with one attached hydrogen (secondary N) is 1. The van der Waals surface area contributed by atoms with Gasteiger partial charge in [-0.25, -0.2) is 18.7 Å². The number of hydrogen-bond acceptors (Lipinski definition) is 6. The van der Waals surface area contributed by atoms with Crippen molar-refractivity contribution in [3.8, 4) is 17.3 Å². The molecule has 6 heterocycles. The van der Waals surface area contributed by atoms with Gasteiger partial charge < -0.3 is 4.98 Å². The van der Waals surface area contributed by atoms with Gasteiger partial charge in [0, 0.05) is 66.7 Å². The number of piperidine rings is 1. The summed E-state index contributed by atoms with van der Waals surface area (Å²) in [4.78, 5) is 16.6. The van der Waals surface area contributed by atoms with E-state index in [0.717, 1.165) is 73.2 Å². The minimum atomic E-state index is -0.580. The number of halogens is 3. The summed E-state index contributed by atoms with van der Waals surface area (Å²) in [6.45, 7) is 1.83. The Morgan fingerprint density at radius 2 is 1.85 bits per heavy atom. The fourth-order valence-corrected chi connectivity index (χ4v) is 7.17. The summed E-state index contributed by atoms with van der Waals surface area (Å²) in [7, 11) is 0. The van der Waals surface area contributed by atoms with Gasteiger partial charge in [-0.1, -0.05) is 11.6 Å². The first-order valence-electron chi connectivity index (χ1n) is 13.3. The lowest BCUT2D eigenvalue weighted by Gasteiger charge is -2.55. The molecule has 39 heavy (non-hydrogen) atoms. The molecule has 11 heteroatoms. The third-order valence-corrected chi connectivity index (χ3v) is 9.36. The Kier molecular flexibility index (Phi) is 5.92. The van der Waals surface area contributed by atoms with Crippen molar-refractivity contribution in [1.29, 1.82) is 5.26 Å². The molecule has 200 valence electrons. The number of fused-ring (bicyclic) bond motifs is 3. The first-order chi connectivity index (χ1) is 19.0. The lowest BCUT2D eigenvalue weighted by atomic mass is 9.82. The van der Waals surface area contributed by atoms with E-state index in [0.29, 0.717) is 31.1 Å². The summed E-state index contributed by atoms with van der Waals surface area (Å²) in [5, 5.41) is 15.2. The summed E-state index contributed by atoms with van der Waals surface area (Å²) in [6, 6.07) is 7.56. The molecule has 1 aromatic carbocycles. The van der Waals surface area contributed by atoms with Crippen LogP contribution >= 0.6 is 11.6 Å². The maximum atomic E-state index is 14.5. The molecule has 3 aliphatic heterocycles. The maximum absolute atomic E-state index is 14.5. The summed E-state index contributed by atoms with van der Waals surface area (Å²) in [5.74, 6) is -1.03. The van der Waals surface area contributed by atoms with E-state index in [9.17, 15) is 14.0 Å².